The topological polar surface area (TPSA) is 621 Å². The summed E-state index contributed by atoms with van der Waals surface area (Å²) < 4.78 is 75.8. The van der Waals surface area contributed by atoms with Gasteiger partial charge < -0.3 is 180 Å². The minimum atomic E-state index is -2.32. The molecule has 520 valence electrons. The maximum Gasteiger partial charge on any atom is 0.217 e. The van der Waals surface area contributed by atoms with Crippen molar-refractivity contribution in [3.8, 4) is 0 Å². The van der Waals surface area contributed by atoms with Gasteiger partial charge in [-0.3, -0.25) is 19.2 Å². The number of carbonyl (C=O) groups is 4. The Kier molecular flexibility index (Phi) is 26.6. The lowest BCUT2D eigenvalue weighted by Gasteiger charge is -2.50. The number of amides is 4. The average Bonchev–Trinajstić information content (AvgIpc) is 0.830. The summed E-state index contributed by atoms with van der Waals surface area (Å²) in [4.78, 5) is 49.9. The maximum atomic E-state index is 12.8. The normalized spacial score (nSPS) is 47.6. The zero-order valence-corrected chi connectivity index (χ0v) is 48.6. The molecule has 7 aliphatic heterocycles. The van der Waals surface area contributed by atoms with Gasteiger partial charge in [0.15, 0.2) is 44.0 Å². The number of nitrogens with one attached hydrogen (secondary N) is 4. The molecule has 7 heterocycles. The van der Waals surface area contributed by atoms with Crippen molar-refractivity contribution in [3.63, 3.8) is 0 Å². The highest BCUT2D eigenvalue weighted by molar-refractivity contribution is 5.74. The Morgan fingerprint density at radius 2 is 0.578 bits per heavy atom. The van der Waals surface area contributed by atoms with E-state index in [9.17, 15) is 116 Å². The lowest BCUT2D eigenvalue weighted by molar-refractivity contribution is -0.382. The van der Waals surface area contributed by atoms with Crippen molar-refractivity contribution in [2.45, 2.75) is 242 Å². The van der Waals surface area contributed by atoms with E-state index in [1.807, 2.05) is 0 Å². The second kappa shape index (κ2) is 32.4. The number of hydrogen-bond donors (Lipinski definition) is 23. The van der Waals surface area contributed by atoms with E-state index < -0.39 is 285 Å². The Morgan fingerprint density at radius 3 is 1.00 bits per heavy atom. The van der Waals surface area contributed by atoms with Crippen LogP contribution < -0.4 is 21.3 Å². The van der Waals surface area contributed by atoms with E-state index in [4.69, 9.17) is 61.6 Å². The summed E-state index contributed by atoms with van der Waals surface area (Å²) in [5.74, 6) is -3.32. The van der Waals surface area contributed by atoms with Gasteiger partial charge in [-0.2, -0.15) is 0 Å². The van der Waals surface area contributed by atoms with Crippen molar-refractivity contribution >= 4 is 23.6 Å². The SMILES string of the molecule is CC(=O)N[C@H]1[C@H](O[C@H]2[C@@H](O)[C@@H](CO[C@@H]3O[C@H](CO)[C@@H](O[C@@H]4O[C@H](CO)[C@H](O)[C@H](O[C@@H]5O[C@H](CO)[C@@H](O)[C@H](O)[C@H]5NC(C)=O)[C@H]4O)[C@H](O)[C@H]3NC(C)=O)O[C@@H](O[C@H]3[C@H](O)[C@@H](NC(C)=O)C(O)O[C@@H]3CO)[C@@H]2O)O[C@H](CO)[C@@H](O[C@@H]2O[C@H](CO)[C@H](O)[C@H](O)[C@H]2O)[C@@H]1O. The molecule has 90 heavy (non-hydrogen) atoms. The minimum absolute atomic E-state index is 0.766. The number of carbonyl (C=O) groups excluding carboxylic acids is 4. The van der Waals surface area contributed by atoms with Crippen LogP contribution in [0.1, 0.15) is 27.7 Å². The van der Waals surface area contributed by atoms with Gasteiger partial charge in [0.05, 0.1) is 46.2 Å². The van der Waals surface area contributed by atoms with Crippen LogP contribution in [0.15, 0.2) is 0 Å². The van der Waals surface area contributed by atoms with Gasteiger partial charge in [-0.1, -0.05) is 0 Å². The maximum absolute atomic E-state index is 12.8. The van der Waals surface area contributed by atoms with Gasteiger partial charge >= 0.3 is 0 Å². The summed E-state index contributed by atoms with van der Waals surface area (Å²) in [5, 5.41) is 217. The van der Waals surface area contributed by atoms with Crippen molar-refractivity contribution in [3.05, 3.63) is 0 Å². The van der Waals surface area contributed by atoms with Crippen molar-refractivity contribution in [1.29, 1.82) is 0 Å². The second-order valence-corrected chi connectivity index (χ2v) is 22.5. The molecule has 40 nitrogen and oxygen atoms in total. The highest BCUT2D eigenvalue weighted by Gasteiger charge is 2.59. The highest BCUT2D eigenvalue weighted by atomic mass is 16.8. The van der Waals surface area contributed by atoms with Gasteiger partial charge in [0.25, 0.3) is 0 Å². The van der Waals surface area contributed by atoms with E-state index in [0.29, 0.717) is 0 Å². The molecule has 0 aromatic carbocycles. The van der Waals surface area contributed by atoms with Crippen molar-refractivity contribution in [2.24, 2.45) is 0 Å². The molecule has 35 atom stereocenters. The summed E-state index contributed by atoms with van der Waals surface area (Å²) in [6.45, 7) is -2.94. The molecule has 4 amide bonds. The molecule has 0 aliphatic carbocycles. The van der Waals surface area contributed by atoms with Crippen LogP contribution in [0.4, 0.5) is 0 Å². The van der Waals surface area contributed by atoms with Gasteiger partial charge in [0.1, 0.15) is 171 Å². The number of aliphatic hydroxyl groups excluding tert-OH is 19. The largest absolute Gasteiger partial charge is 0.394 e. The number of rotatable bonds is 23. The van der Waals surface area contributed by atoms with E-state index in [0.717, 1.165) is 27.7 Å². The molecule has 7 rings (SSSR count). The first-order valence-corrected chi connectivity index (χ1v) is 28.6. The molecule has 23 N–H and O–H groups in total. The fourth-order valence-corrected chi connectivity index (χ4v) is 11.5. The quantitative estimate of drug-likeness (QED) is 0.0452. The molecular formula is C50H84N4O36. The molecule has 0 bridgehead atoms. The van der Waals surface area contributed by atoms with Crippen LogP contribution in [0.3, 0.4) is 0 Å². The first kappa shape index (κ1) is 74.0. The van der Waals surface area contributed by atoms with E-state index in [1.165, 1.54) is 0 Å². The summed E-state index contributed by atoms with van der Waals surface area (Å²) in [7, 11) is 0. The monoisotopic (exact) mass is 1320 g/mol. The first-order valence-electron chi connectivity index (χ1n) is 28.6. The van der Waals surface area contributed by atoms with Crippen LogP contribution in [0.2, 0.25) is 0 Å². The van der Waals surface area contributed by atoms with Gasteiger partial charge in [-0.05, 0) is 0 Å². The lowest BCUT2D eigenvalue weighted by Crippen LogP contribution is -2.70. The number of hydrogen-bond acceptors (Lipinski definition) is 36. The molecule has 0 saturated carbocycles. The molecule has 7 aliphatic rings. The zero-order valence-electron chi connectivity index (χ0n) is 48.6. The van der Waals surface area contributed by atoms with Gasteiger partial charge in [-0.15, -0.1) is 0 Å². The fraction of sp³-hybridized carbons (Fsp3) is 0.920. The summed E-state index contributed by atoms with van der Waals surface area (Å²) in [5.41, 5.74) is 0. The standard InChI is InChI=1S/C50H84N4O36/c1-12(61)51-23-32(70)39(19(8-58)79-44(23)77)87-50-38(76)43(90-47-26(54-15(4)64)34(72)41(21(10-60)84-47)86-48-36(74)35(73)28(66)17(6-56)81-48)30(68)22(85-50)11-78-45-25(53-14(3)63)33(71)40(20(9-59)83-45)88-49-37(75)42(29(67)18(7-57)82-49)89-46-24(52-13(2)62)31(69)27(65)16(5-55)80-46/h16-50,55-60,65-77H,5-11H2,1-4H3,(H,51,61)(H,52,62)(H,53,63)(H,54,64)/t16-,17-,18-,19-,20-,21-,22-,23-,24-,25-,26-,27-,28+,29+,30+,31-,32-,33-,34-,35+,36-,37-,38-,39-,40-,41-,42+,43+,44?,45-,46+,47+,48+,49+,50+/m1/s1. The van der Waals surface area contributed by atoms with Crippen molar-refractivity contribution < 1.29 is 178 Å². The van der Waals surface area contributed by atoms with Crippen LogP contribution in [-0.2, 0) is 80.8 Å². The first-order chi connectivity index (χ1) is 42.5. The van der Waals surface area contributed by atoms with Crippen molar-refractivity contribution in [1.82, 2.24) is 21.3 Å². The van der Waals surface area contributed by atoms with E-state index in [2.05, 4.69) is 21.3 Å². The van der Waals surface area contributed by atoms with Crippen LogP contribution in [0.5, 0.6) is 0 Å². The average molecular weight is 1320 g/mol. The van der Waals surface area contributed by atoms with Crippen LogP contribution in [0, 0.1) is 0 Å². The molecule has 7 fully saturated rings. The zero-order chi connectivity index (χ0) is 66.5. The summed E-state index contributed by atoms with van der Waals surface area (Å²) >= 11 is 0. The van der Waals surface area contributed by atoms with E-state index >= 15 is 0 Å². The molecule has 0 radical (unpaired) electrons. The van der Waals surface area contributed by atoms with Gasteiger partial charge in [0.2, 0.25) is 23.6 Å². The number of ether oxygens (including phenoxy) is 13. The van der Waals surface area contributed by atoms with Crippen LogP contribution >= 0.6 is 0 Å². The fourth-order valence-electron chi connectivity index (χ4n) is 11.5. The lowest BCUT2D eigenvalue weighted by atomic mass is 9.94. The predicted octanol–water partition coefficient (Wildman–Crippen LogP) is -15.7. The molecule has 0 aromatic heterocycles. The third-order valence-electron chi connectivity index (χ3n) is 16.1. The van der Waals surface area contributed by atoms with Crippen LogP contribution in [0.25, 0.3) is 0 Å². The Balaban J connectivity index is 1.16. The molecule has 1 unspecified atom stereocenters. The third-order valence-corrected chi connectivity index (χ3v) is 16.1. The highest BCUT2D eigenvalue weighted by Crippen LogP contribution is 2.37. The predicted molar refractivity (Wildman–Crippen MR) is 278 cm³/mol. The van der Waals surface area contributed by atoms with Gasteiger partial charge in [-0.25, -0.2) is 0 Å². The Hall–Kier alpha value is -3.40. The smallest absolute Gasteiger partial charge is 0.217 e. The Labute approximate surface area is 510 Å². The summed E-state index contributed by atoms with van der Waals surface area (Å²) in [6.07, 6.45) is -60.0. The van der Waals surface area contributed by atoms with E-state index in [-0.39, 0.29) is 0 Å². The van der Waals surface area contributed by atoms with Crippen LogP contribution in [-0.4, -0.2) is 382 Å². The van der Waals surface area contributed by atoms with Gasteiger partial charge in [0, 0.05) is 27.7 Å². The third kappa shape index (κ3) is 16.4. The molecule has 40 heteroatoms. The second-order valence-electron chi connectivity index (χ2n) is 22.5. The molecule has 0 spiro atoms. The van der Waals surface area contributed by atoms with E-state index in [1.54, 1.807) is 0 Å². The summed E-state index contributed by atoms with van der Waals surface area (Å²) in [6, 6.07) is -6.92. The minimum Gasteiger partial charge on any atom is -0.394 e. The van der Waals surface area contributed by atoms with Crippen molar-refractivity contribution in [2.75, 3.05) is 46.2 Å². The Morgan fingerprint density at radius 1 is 0.289 bits per heavy atom. The number of aliphatic hydroxyl groups is 19. The Bertz CT molecular complexity index is 2310. The molecule has 7 saturated heterocycles. The molecule has 0 aromatic rings. The molecular weight excluding hydrogens is 1230 g/mol.